The van der Waals surface area contributed by atoms with Crippen LogP contribution in [-0.4, -0.2) is 36.6 Å². The van der Waals surface area contributed by atoms with Crippen LogP contribution in [0.25, 0.3) is 11.1 Å². The topological polar surface area (TPSA) is 54.5 Å². The first-order valence-corrected chi connectivity index (χ1v) is 8.84. The van der Waals surface area contributed by atoms with E-state index in [1.54, 1.807) is 4.81 Å². The van der Waals surface area contributed by atoms with Gasteiger partial charge < -0.3 is 14.4 Å². The summed E-state index contributed by atoms with van der Waals surface area (Å²) < 4.78 is 0. The van der Waals surface area contributed by atoms with Gasteiger partial charge in [-0.2, -0.15) is 0 Å². The zero-order valence-corrected chi connectivity index (χ0v) is 15.1. The van der Waals surface area contributed by atoms with Crippen molar-refractivity contribution in [1.29, 1.82) is 0 Å². The predicted molar refractivity (Wildman–Crippen MR) is 104 cm³/mol. The molecule has 132 valence electrons. The Morgan fingerprint density at radius 3 is 2.19 bits per heavy atom. The highest BCUT2D eigenvalue weighted by molar-refractivity contribution is 6.66. The van der Waals surface area contributed by atoms with Gasteiger partial charge in [0.05, 0.1) is 5.92 Å². The van der Waals surface area contributed by atoms with Crippen molar-refractivity contribution in [2.75, 3.05) is 0 Å². The molecule has 1 heterocycles. The number of hydrogen-bond donors (Lipinski definition) is 0. The lowest BCUT2D eigenvalue weighted by molar-refractivity contribution is -0.130. The van der Waals surface area contributed by atoms with E-state index < -0.39 is 5.92 Å². The van der Waals surface area contributed by atoms with Crippen LogP contribution in [-0.2, 0) is 19.8 Å². The molecule has 1 unspecified atom stereocenters. The summed E-state index contributed by atoms with van der Waals surface area (Å²) in [6, 6.07) is 18.2. The van der Waals surface area contributed by atoms with E-state index in [1.807, 2.05) is 18.2 Å². The van der Waals surface area contributed by atoms with E-state index in [1.165, 1.54) is 0 Å². The van der Waals surface area contributed by atoms with Gasteiger partial charge in [0.15, 0.2) is 0 Å². The molecular formula is C21H22BNO3. The molecule has 1 saturated heterocycles. The molecule has 2 aromatic rings. The molecule has 2 atom stereocenters. The smallest absolute Gasteiger partial charge is 0.313 e. The van der Waals surface area contributed by atoms with E-state index in [2.05, 4.69) is 50.2 Å². The fourth-order valence-electron chi connectivity index (χ4n) is 3.85. The lowest BCUT2D eigenvalue weighted by Gasteiger charge is -2.38. The lowest BCUT2D eigenvalue weighted by Crippen LogP contribution is -2.47. The molecule has 3 rings (SSSR count). The second kappa shape index (κ2) is 7.28. The molecule has 2 aromatic carbocycles. The Kier molecular flexibility index (Phi) is 5.07. The molecule has 0 bridgehead atoms. The zero-order valence-electron chi connectivity index (χ0n) is 15.1. The van der Waals surface area contributed by atoms with Crippen molar-refractivity contribution < 1.29 is 14.4 Å². The Bertz CT molecular complexity index is 802. The van der Waals surface area contributed by atoms with Gasteiger partial charge in [-0.3, -0.25) is 4.79 Å². The highest BCUT2D eigenvalue weighted by Crippen LogP contribution is 2.38. The molecule has 0 aliphatic carbocycles. The lowest BCUT2D eigenvalue weighted by atomic mass is 9.73. The second-order valence-corrected chi connectivity index (χ2v) is 7.32. The Labute approximate surface area is 154 Å². The van der Waals surface area contributed by atoms with Crippen LogP contribution in [0.5, 0.6) is 0 Å². The Morgan fingerprint density at radius 2 is 1.62 bits per heavy atom. The van der Waals surface area contributed by atoms with Crippen LogP contribution in [0.1, 0.15) is 25.8 Å². The van der Waals surface area contributed by atoms with Gasteiger partial charge >= 0.3 is 7.41 Å². The van der Waals surface area contributed by atoms with Gasteiger partial charge in [-0.15, -0.1) is 0 Å². The molecule has 0 N–H and O–H groups in total. The van der Waals surface area contributed by atoms with Crippen molar-refractivity contribution in [3.8, 4) is 11.1 Å². The Hall–Kier alpha value is -2.69. The van der Waals surface area contributed by atoms with Crippen LogP contribution in [0.3, 0.4) is 0 Å². The van der Waals surface area contributed by atoms with E-state index in [0.717, 1.165) is 22.9 Å². The molecule has 4 nitrogen and oxygen atoms in total. The van der Waals surface area contributed by atoms with E-state index in [-0.39, 0.29) is 24.8 Å². The molecule has 0 saturated carbocycles. The van der Waals surface area contributed by atoms with Gasteiger partial charge in [0, 0.05) is 11.5 Å². The number of carbonyl (C=O) groups is 3. The van der Waals surface area contributed by atoms with Gasteiger partial charge in [0.25, 0.3) is 0 Å². The van der Waals surface area contributed by atoms with Crippen molar-refractivity contribution in [3.05, 3.63) is 60.2 Å². The van der Waals surface area contributed by atoms with Crippen LogP contribution in [0.4, 0.5) is 0 Å². The molecule has 1 aliphatic rings. The minimum atomic E-state index is -0.650. The number of amides is 1. The Balaban J connectivity index is 1.90. The standard InChI is InChI=1S/C21H22BNO3/c1-21(2,19-12-17(13-24)20(26)23(19)22-14-25)18-10-8-16(9-11-18)15-6-4-3-5-7-15/h3-11,13-14,17,19,22H,12H2,1-2H3/t17?,19-/m0/s1. The Morgan fingerprint density at radius 1 is 1.00 bits per heavy atom. The minimum absolute atomic E-state index is 0.0272. The number of nitrogens with zero attached hydrogens (tertiary/aromatic N) is 1. The zero-order chi connectivity index (χ0) is 18.7. The molecule has 1 aliphatic heterocycles. The first-order valence-electron chi connectivity index (χ1n) is 8.84. The summed E-state index contributed by atoms with van der Waals surface area (Å²) in [5.41, 5.74) is 2.99. The quantitative estimate of drug-likeness (QED) is 0.459. The van der Waals surface area contributed by atoms with Gasteiger partial charge in [0.2, 0.25) is 5.91 Å². The maximum absolute atomic E-state index is 12.4. The van der Waals surface area contributed by atoms with Crippen LogP contribution >= 0.6 is 0 Å². The molecule has 0 aromatic heterocycles. The number of benzene rings is 2. The summed E-state index contributed by atoms with van der Waals surface area (Å²) >= 11 is 0. The van der Waals surface area contributed by atoms with Crippen molar-refractivity contribution in [2.24, 2.45) is 5.92 Å². The third kappa shape index (κ3) is 3.21. The summed E-state index contributed by atoms with van der Waals surface area (Å²) in [6.45, 7) is 4.13. The SMILES string of the molecule is CC(C)(c1ccc(-c2ccccc2)cc1)[C@@H]1CC(C=O)C(=O)N1BC=O. The third-order valence-corrected chi connectivity index (χ3v) is 5.46. The van der Waals surface area contributed by atoms with Crippen molar-refractivity contribution in [3.63, 3.8) is 0 Å². The fourth-order valence-corrected chi connectivity index (χ4v) is 3.85. The van der Waals surface area contributed by atoms with Gasteiger partial charge in [-0.25, -0.2) is 0 Å². The molecule has 0 radical (unpaired) electrons. The first kappa shape index (κ1) is 18.1. The summed E-state index contributed by atoms with van der Waals surface area (Å²) in [4.78, 5) is 36.2. The third-order valence-electron chi connectivity index (χ3n) is 5.46. The number of rotatable bonds is 6. The predicted octanol–water partition coefficient (Wildman–Crippen LogP) is 2.59. The minimum Gasteiger partial charge on any atom is -0.378 e. The van der Waals surface area contributed by atoms with Crippen molar-refractivity contribution >= 4 is 25.8 Å². The fraction of sp³-hybridized carbons (Fsp3) is 0.286. The van der Waals surface area contributed by atoms with Gasteiger partial charge in [-0.1, -0.05) is 68.4 Å². The maximum atomic E-state index is 12.4. The highest BCUT2D eigenvalue weighted by Gasteiger charge is 2.46. The summed E-state index contributed by atoms with van der Waals surface area (Å²) in [5.74, 6) is -0.895. The van der Waals surface area contributed by atoms with E-state index in [9.17, 15) is 14.4 Å². The normalized spacial score (nSPS) is 20.1. The van der Waals surface area contributed by atoms with E-state index in [0.29, 0.717) is 12.7 Å². The molecular weight excluding hydrogens is 325 g/mol. The van der Waals surface area contributed by atoms with E-state index >= 15 is 0 Å². The van der Waals surface area contributed by atoms with Crippen molar-refractivity contribution in [1.82, 2.24) is 4.81 Å². The molecule has 5 heteroatoms. The summed E-state index contributed by atoms with van der Waals surface area (Å²) in [7, 11) is 0.0272. The van der Waals surface area contributed by atoms with E-state index in [4.69, 9.17) is 0 Å². The van der Waals surface area contributed by atoms with Crippen LogP contribution in [0, 0.1) is 5.92 Å². The number of hydrogen-bond acceptors (Lipinski definition) is 3. The summed E-state index contributed by atoms with van der Waals surface area (Å²) in [6.07, 6.45) is 1.88. The van der Waals surface area contributed by atoms with Gasteiger partial charge in [-0.05, 0) is 23.1 Å². The second-order valence-electron chi connectivity index (χ2n) is 7.32. The number of aldehydes is 1. The van der Waals surface area contributed by atoms with Gasteiger partial charge in [0.1, 0.15) is 12.5 Å². The molecule has 26 heavy (non-hydrogen) atoms. The van der Waals surface area contributed by atoms with Crippen molar-refractivity contribution in [2.45, 2.75) is 31.7 Å². The average Bonchev–Trinajstić information content (AvgIpc) is 2.99. The molecule has 1 amide bonds. The average molecular weight is 347 g/mol. The first-order chi connectivity index (χ1) is 12.5. The highest BCUT2D eigenvalue weighted by atomic mass is 16.2. The largest absolute Gasteiger partial charge is 0.378 e. The number of carbonyl (C=O) groups excluding carboxylic acids is 3. The summed E-state index contributed by atoms with van der Waals surface area (Å²) in [5, 5.41) is 0. The van der Waals surface area contributed by atoms with Crippen LogP contribution in [0.15, 0.2) is 54.6 Å². The monoisotopic (exact) mass is 347 g/mol. The van der Waals surface area contributed by atoms with Crippen LogP contribution < -0.4 is 0 Å². The molecule has 0 spiro atoms. The maximum Gasteiger partial charge on any atom is 0.313 e. The molecule has 1 fully saturated rings. The van der Waals surface area contributed by atoms with Crippen LogP contribution in [0.2, 0.25) is 0 Å².